The molecule has 0 amide bonds. The second kappa shape index (κ2) is 3.44. The van der Waals surface area contributed by atoms with E-state index >= 15 is 0 Å². The zero-order valence-corrected chi connectivity index (χ0v) is 8.23. The van der Waals surface area contributed by atoms with Crippen molar-refractivity contribution in [2.75, 3.05) is 7.11 Å². The van der Waals surface area contributed by atoms with E-state index in [0.717, 1.165) is 3.57 Å². The normalized spacial score (nSPS) is 9.50. The molecule has 3 heteroatoms. The summed E-state index contributed by atoms with van der Waals surface area (Å²) in [6.45, 7) is 0. The molecule has 0 N–H and O–H groups in total. The fourth-order valence-electron chi connectivity index (χ4n) is 0.584. The summed E-state index contributed by atoms with van der Waals surface area (Å²) in [5, 5.41) is 0.630. The van der Waals surface area contributed by atoms with E-state index < -0.39 is 0 Å². The third-order valence-corrected chi connectivity index (χ3v) is 1.97. The highest BCUT2D eigenvalue weighted by molar-refractivity contribution is 14.1. The lowest BCUT2D eigenvalue weighted by molar-refractivity contribution is 0.415. The smallest absolute Gasteiger partial charge is 0.138 e. The van der Waals surface area contributed by atoms with Gasteiger partial charge in [-0.1, -0.05) is 11.6 Å². The van der Waals surface area contributed by atoms with Crippen molar-refractivity contribution in [3.63, 3.8) is 0 Å². The number of halogens is 2. The second-order valence-electron chi connectivity index (χ2n) is 1.70. The molecule has 1 aromatic carbocycles. The van der Waals surface area contributed by atoms with Crippen LogP contribution >= 0.6 is 34.2 Å². The van der Waals surface area contributed by atoms with Gasteiger partial charge in [-0.25, -0.2) is 0 Å². The van der Waals surface area contributed by atoms with Crippen molar-refractivity contribution in [3.8, 4) is 5.75 Å². The summed E-state index contributed by atoms with van der Waals surface area (Å²) in [5.41, 5.74) is 0. The van der Waals surface area contributed by atoms with E-state index in [0.29, 0.717) is 10.8 Å². The Morgan fingerprint density at radius 3 is 2.90 bits per heavy atom. The lowest BCUT2D eigenvalue weighted by atomic mass is 10.3. The van der Waals surface area contributed by atoms with Crippen LogP contribution in [0.2, 0.25) is 5.02 Å². The summed E-state index contributed by atoms with van der Waals surface area (Å²) in [4.78, 5) is 0. The van der Waals surface area contributed by atoms with E-state index in [9.17, 15) is 0 Å². The molecule has 0 aromatic heterocycles. The summed E-state index contributed by atoms with van der Waals surface area (Å²) in [6, 6.07) is 6.50. The predicted octanol–water partition coefficient (Wildman–Crippen LogP) is 2.75. The van der Waals surface area contributed by atoms with Crippen molar-refractivity contribution >= 4 is 34.2 Å². The molecule has 10 heavy (non-hydrogen) atoms. The van der Waals surface area contributed by atoms with Crippen LogP contribution in [0.3, 0.4) is 0 Å². The van der Waals surface area contributed by atoms with Crippen molar-refractivity contribution in [2.24, 2.45) is 0 Å². The number of hydrogen-bond acceptors (Lipinski definition) is 1. The first-order valence-electron chi connectivity index (χ1n) is 2.65. The van der Waals surface area contributed by atoms with Crippen molar-refractivity contribution in [3.05, 3.63) is 26.8 Å². The highest BCUT2D eigenvalue weighted by atomic mass is 127. The van der Waals surface area contributed by atoms with Crippen molar-refractivity contribution < 1.29 is 4.74 Å². The van der Waals surface area contributed by atoms with Crippen LogP contribution < -0.4 is 4.74 Å². The number of rotatable bonds is 1. The Morgan fingerprint density at radius 2 is 2.40 bits per heavy atom. The molecule has 1 radical (unpaired) electrons. The zero-order valence-electron chi connectivity index (χ0n) is 5.32. The Bertz CT molecular complexity index is 237. The molecule has 0 aliphatic rings. The third-order valence-electron chi connectivity index (χ3n) is 1.05. The molecule has 0 heterocycles. The molecular formula is C7H5ClIO. The Balaban J connectivity index is 3.07. The van der Waals surface area contributed by atoms with E-state index in [1.54, 1.807) is 19.2 Å². The summed E-state index contributed by atoms with van der Waals surface area (Å²) in [6.07, 6.45) is 0. The van der Waals surface area contributed by atoms with Gasteiger partial charge in [-0.05, 0) is 40.8 Å². The fourth-order valence-corrected chi connectivity index (χ4v) is 1.48. The van der Waals surface area contributed by atoms with Gasteiger partial charge in [0, 0.05) is 3.57 Å². The molecular weight excluding hydrogens is 262 g/mol. The van der Waals surface area contributed by atoms with Gasteiger partial charge < -0.3 is 4.74 Å². The minimum atomic E-state index is 0.630. The van der Waals surface area contributed by atoms with Gasteiger partial charge in [0.1, 0.15) is 5.75 Å². The van der Waals surface area contributed by atoms with Gasteiger partial charge in [-0.3, -0.25) is 0 Å². The molecule has 1 rings (SSSR count). The third kappa shape index (κ3) is 1.76. The van der Waals surface area contributed by atoms with Gasteiger partial charge in [0.15, 0.2) is 0 Å². The van der Waals surface area contributed by atoms with Gasteiger partial charge >= 0.3 is 0 Å². The minimum absolute atomic E-state index is 0.630. The summed E-state index contributed by atoms with van der Waals surface area (Å²) >= 11 is 7.92. The SMILES string of the molecule is COc1c[c]c(I)cc1Cl. The van der Waals surface area contributed by atoms with Crippen molar-refractivity contribution in [1.29, 1.82) is 0 Å². The molecule has 0 saturated heterocycles. The first kappa shape index (κ1) is 8.14. The molecule has 1 nitrogen and oxygen atoms in total. The predicted molar refractivity (Wildman–Crippen MR) is 49.6 cm³/mol. The Labute approximate surface area is 78.5 Å². The molecule has 0 bridgehead atoms. The average Bonchev–Trinajstić information content (AvgIpc) is 1.88. The van der Waals surface area contributed by atoms with E-state index in [1.807, 2.05) is 0 Å². The van der Waals surface area contributed by atoms with Crippen LogP contribution in [-0.4, -0.2) is 7.11 Å². The molecule has 0 atom stereocenters. The highest BCUT2D eigenvalue weighted by Crippen LogP contribution is 2.24. The van der Waals surface area contributed by atoms with Crippen LogP contribution in [0.25, 0.3) is 0 Å². The number of benzene rings is 1. The lowest BCUT2D eigenvalue weighted by Crippen LogP contribution is -1.83. The van der Waals surface area contributed by atoms with Gasteiger partial charge in [-0.2, -0.15) is 0 Å². The van der Waals surface area contributed by atoms with Crippen LogP contribution in [0.15, 0.2) is 12.1 Å². The lowest BCUT2D eigenvalue weighted by Gasteiger charge is -2.00. The highest BCUT2D eigenvalue weighted by Gasteiger charge is 1.98. The fraction of sp³-hybridized carbons (Fsp3) is 0.143. The minimum Gasteiger partial charge on any atom is -0.495 e. The largest absolute Gasteiger partial charge is 0.495 e. The summed E-state index contributed by atoms with van der Waals surface area (Å²) < 4.78 is 5.92. The van der Waals surface area contributed by atoms with E-state index in [1.165, 1.54) is 0 Å². The van der Waals surface area contributed by atoms with E-state index in [-0.39, 0.29) is 0 Å². The first-order valence-corrected chi connectivity index (χ1v) is 4.10. The topological polar surface area (TPSA) is 9.23 Å². The number of hydrogen-bond donors (Lipinski definition) is 0. The molecule has 0 saturated carbocycles. The van der Waals surface area contributed by atoms with Crippen molar-refractivity contribution in [1.82, 2.24) is 0 Å². The maximum atomic E-state index is 5.78. The van der Waals surface area contributed by atoms with Gasteiger partial charge in [0.25, 0.3) is 0 Å². The first-order chi connectivity index (χ1) is 4.74. The Hall–Kier alpha value is 0.0400. The molecule has 0 spiro atoms. The quantitative estimate of drug-likeness (QED) is 0.711. The maximum absolute atomic E-state index is 5.78. The van der Waals surface area contributed by atoms with Crippen LogP contribution in [0.4, 0.5) is 0 Å². The Morgan fingerprint density at radius 1 is 1.70 bits per heavy atom. The number of methoxy groups -OCH3 is 1. The van der Waals surface area contributed by atoms with E-state index in [2.05, 4.69) is 28.7 Å². The Kier molecular flexibility index (Phi) is 2.80. The molecule has 1 aromatic rings. The molecule has 0 fully saturated rings. The van der Waals surface area contributed by atoms with Gasteiger partial charge in [-0.15, -0.1) is 0 Å². The van der Waals surface area contributed by atoms with Crippen LogP contribution in [0, 0.1) is 9.64 Å². The summed E-state index contributed by atoms with van der Waals surface area (Å²) in [7, 11) is 1.59. The summed E-state index contributed by atoms with van der Waals surface area (Å²) in [5.74, 6) is 0.669. The molecule has 0 unspecified atom stereocenters. The van der Waals surface area contributed by atoms with Crippen LogP contribution in [-0.2, 0) is 0 Å². The van der Waals surface area contributed by atoms with Gasteiger partial charge in [0.2, 0.25) is 0 Å². The van der Waals surface area contributed by atoms with Gasteiger partial charge in [0.05, 0.1) is 12.1 Å². The second-order valence-corrected chi connectivity index (χ2v) is 3.27. The average molecular weight is 267 g/mol. The van der Waals surface area contributed by atoms with Crippen molar-refractivity contribution in [2.45, 2.75) is 0 Å². The standard InChI is InChI=1S/C7H5ClIO/c1-10-7-3-2-5(9)4-6(7)8/h3-4H,1H3. The molecule has 53 valence electrons. The van der Waals surface area contributed by atoms with Crippen LogP contribution in [0.1, 0.15) is 0 Å². The zero-order chi connectivity index (χ0) is 7.56. The maximum Gasteiger partial charge on any atom is 0.138 e. The van der Waals surface area contributed by atoms with E-state index in [4.69, 9.17) is 16.3 Å². The van der Waals surface area contributed by atoms with Crippen LogP contribution in [0.5, 0.6) is 5.75 Å². The monoisotopic (exact) mass is 267 g/mol. The number of ether oxygens (including phenoxy) is 1. The molecule has 0 aliphatic carbocycles. The molecule has 0 aliphatic heterocycles.